The van der Waals surface area contributed by atoms with Gasteiger partial charge in [0.05, 0.1) is 5.78 Å². The average Bonchev–Trinajstić information content (AvgIpc) is 2.23. The fraction of sp³-hybridized carbons (Fsp3) is 0.0909. The molecule has 0 unspecified atom stereocenters. The fourth-order valence-electron chi connectivity index (χ4n) is 1.41. The number of hydrazone groups is 1. The number of nitrogens with zero attached hydrogens (tertiary/aromatic N) is 1. The zero-order valence-electron chi connectivity index (χ0n) is 8.74. The molecule has 0 aromatic heterocycles. The first-order valence-corrected chi connectivity index (χ1v) is 4.31. The summed E-state index contributed by atoms with van der Waals surface area (Å²) in [5.41, 5.74) is 4.95. The number of ketones is 1. The molecule has 0 aliphatic heterocycles. The van der Waals surface area contributed by atoms with Crippen LogP contribution in [0.5, 0.6) is 0 Å². The summed E-state index contributed by atoms with van der Waals surface area (Å²) < 4.78 is 0. The fourth-order valence-corrected chi connectivity index (χ4v) is 1.41. The first-order valence-electron chi connectivity index (χ1n) is 4.31. The maximum Gasteiger partial charge on any atom is 1.00 e. The summed E-state index contributed by atoms with van der Waals surface area (Å²) in [6, 6.07) is 7.38. The van der Waals surface area contributed by atoms with Crippen molar-refractivity contribution in [2.24, 2.45) is 5.10 Å². The molecule has 0 amide bonds. The molecule has 1 aromatic carbocycles. The summed E-state index contributed by atoms with van der Waals surface area (Å²) in [6.45, 7) is 0. The molecule has 0 saturated heterocycles. The first kappa shape index (κ1) is 12.2. The normalized spacial score (nSPS) is 15.8. The van der Waals surface area contributed by atoms with E-state index in [4.69, 9.17) is 0 Å². The summed E-state index contributed by atoms with van der Waals surface area (Å²) >= 11 is 0. The zero-order chi connectivity index (χ0) is 9.97. The van der Waals surface area contributed by atoms with Crippen LogP contribution in [0.3, 0.4) is 0 Å². The van der Waals surface area contributed by atoms with Gasteiger partial charge in [-0.15, -0.1) is 18.2 Å². The van der Waals surface area contributed by atoms with E-state index in [0.717, 1.165) is 11.3 Å². The van der Waals surface area contributed by atoms with E-state index in [2.05, 4.69) is 16.6 Å². The number of hydrogen-bond donors (Lipinski definition) is 1. The van der Waals surface area contributed by atoms with Crippen molar-refractivity contribution in [1.82, 2.24) is 5.43 Å². The van der Waals surface area contributed by atoms with Crippen LogP contribution in [0, 0.1) is 6.08 Å². The summed E-state index contributed by atoms with van der Waals surface area (Å²) in [6.07, 6.45) is 4.24. The molecule has 3 nitrogen and oxygen atoms in total. The van der Waals surface area contributed by atoms with Crippen LogP contribution < -0.4 is 35.0 Å². The number of carbonyl (C=O) groups excluding carboxylic acids is 1. The van der Waals surface area contributed by atoms with Crippen molar-refractivity contribution < 1.29 is 34.4 Å². The monoisotopic (exact) mass is 208 g/mol. The number of Topliss-reactive ketones (excluding diaryl/α,β-unsaturated/α-hetero) is 1. The SMILES string of the molecule is CN/N=C1/C=[C-]C(=O)c2ccccc21.[Na+]. The summed E-state index contributed by atoms with van der Waals surface area (Å²) in [7, 11) is 1.72. The van der Waals surface area contributed by atoms with E-state index in [1.807, 2.05) is 18.2 Å². The van der Waals surface area contributed by atoms with E-state index in [0.29, 0.717) is 5.56 Å². The van der Waals surface area contributed by atoms with E-state index in [1.54, 1.807) is 19.2 Å². The summed E-state index contributed by atoms with van der Waals surface area (Å²) in [4.78, 5) is 11.4. The second-order valence-electron chi connectivity index (χ2n) is 2.88. The van der Waals surface area contributed by atoms with Gasteiger partial charge in [0.25, 0.3) is 0 Å². The number of allylic oxidation sites excluding steroid dienone is 2. The molecule has 0 bridgehead atoms. The second-order valence-corrected chi connectivity index (χ2v) is 2.88. The predicted octanol–water partition coefficient (Wildman–Crippen LogP) is -1.83. The van der Waals surface area contributed by atoms with Crippen LogP contribution >= 0.6 is 0 Å². The van der Waals surface area contributed by atoms with E-state index in [-0.39, 0.29) is 35.3 Å². The van der Waals surface area contributed by atoms with Gasteiger partial charge >= 0.3 is 29.6 Å². The largest absolute Gasteiger partial charge is 1.00 e. The Morgan fingerprint density at radius 1 is 1.27 bits per heavy atom. The minimum absolute atomic E-state index is 0. The van der Waals surface area contributed by atoms with Gasteiger partial charge in [0.2, 0.25) is 0 Å². The smallest absolute Gasteiger partial charge is 0.325 e. The van der Waals surface area contributed by atoms with Crippen molar-refractivity contribution in [2.45, 2.75) is 0 Å². The predicted molar refractivity (Wildman–Crippen MR) is 54.2 cm³/mol. The van der Waals surface area contributed by atoms with Crippen LogP contribution in [0.25, 0.3) is 0 Å². The molecule has 70 valence electrons. The molecule has 0 saturated carbocycles. The van der Waals surface area contributed by atoms with Gasteiger partial charge in [-0.3, -0.25) is 0 Å². The Balaban J connectivity index is 0.00000112. The topological polar surface area (TPSA) is 41.5 Å². The third kappa shape index (κ3) is 2.37. The Morgan fingerprint density at radius 3 is 2.60 bits per heavy atom. The number of hydrogen-bond acceptors (Lipinski definition) is 3. The van der Waals surface area contributed by atoms with E-state index < -0.39 is 0 Å². The molecular formula is C11H9N2NaO. The number of nitrogens with one attached hydrogen (secondary N) is 1. The Bertz CT molecular complexity index is 438. The Labute approximate surface area is 111 Å². The first-order chi connectivity index (χ1) is 6.83. The van der Waals surface area contributed by atoms with Crippen LogP contribution in [0.2, 0.25) is 0 Å². The molecule has 1 aliphatic rings. The molecule has 1 aromatic rings. The molecule has 0 radical (unpaired) electrons. The number of fused-ring (bicyclic) bond motifs is 1. The van der Waals surface area contributed by atoms with Gasteiger partial charge in [-0.25, -0.2) is 5.10 Å². The zero-order valence-corrected chi connectivity index (χ0v) is 10.7. The van der Waals surface area contributed by atoms with Crippen molar-refractivity contribution in [3.8, 4) is 0 Å². The molecule has 0 heterocycles. The van der Waals surface area contributed by atoms with Gasteiger partial charge in [0, 0.05) is 7.05 Å². The Hall–Kier alpha value is -0.900. The van der Waals surface area contributed by atoms with Gasteiger partial charge in [-0.2, -0.15) is 0 Å². The molecule has 0 fully saturated rings. The third-order valence-corrected chi connectivity index (χ3v) is 2.02. The van der Waals surface area contributed by atoms with Crippen molar-refractivity contribution in [3.63, 3.8) is 0 Å². The van der Waals surface area contributed by atoms with E-state index in [1.165, 1.54) is 0 Å². The molecule has 0 atom stereocenters. The van der Waals surface area contributed by atoms with Crippen LogP contribution in [-0.4, -0.2) is 18.5 Å². The van der Waals surface area contributed by atoms with Gasteiger partial charge in [0.1, 0.15) is 0 Å². The average molecular weight is 208 g/mol. The number of benzene rings is 1. The van der Waals surface area contributed by atoms with Crippen molar-refractivity contribution >= 4 is 11.5 Å². The van der Waals surface area contributed by atoms with Crippen LogP contribution in [0.15, 0.2) is 35.4 Å². The van der Waals surface area contributed by atoms with E-state index in [9.17, 15) is 4.79 Å². The summed E-state index contributed by atoms with van der Waals surface area (Å²) in [5, 5.41) is 4.06. The standard InChI is InChI=1S/C11H9N2O.Na/c1-12-13-10-6-7-11(14)9-5-3-2-4-8(9)10;/h2-6,12H,1H3;/q-1;+1/b13-10-;. The van der Waals surface area contributed by atoms with Crippen LogP contribution in [0.1, 0.15) is 15.9 Å². The number of carbonyl (C=O) groups is 1. The second kappa shape index (κ2) is 5.26. The van der Waals surface area contributed by atoms with Crippen molar-refractivity contribution in [3.05, 3.63) is 47.5 Å². The van der Waals surface area contributed by atoms with Crippen molar-refractivity contribution in [1.29, 1.82) is 0 Å². The molecule has 1 N–H and O–H groups in total. The van der Waals surface area contributed by atoms with Gasteiger partial charge < -0.3 is 10.2 Å². The third-order valence-electron chi connectivity index (χ3n) is 2.02. The quantitative estimate of drug-likeness (QED) is 0.335. The minimum Gasteiger partial charge on any atom is -0.325 e. The molecule has 15 heavy (non-hydrogen) atoms. The van der Waals surface area contributed by atoms with E-state index >= 15 is 0 Å². The molecule has 4 heteroatoms. The molecule has 1 aliphatic carbocycles. The molecule has 2 rings (SSSR count). The molecular weight excluding hydrogens is 199 g/mol. The van der Waals surface area contributed by atoms with Crippen LogP contribution in [0.4, 0.5) is 0 Å². The number of rotatable bonds is 1. The molecule has 0 spiro atoms. The van der Waals surface area contributed by atoms with Gasteiger partial charge in [-0.05, 0) is 5.71 Å². The maximum atomic E-state index is 11.4. The Morgan fingerprint density at radius 2 is 1.93 bits per heavy atom. The summed E-state index contributed by atoms with van der Waals surface area (Å²) in [5.74, 6) is -0.0874. The van der Waals surface area contributed by atoms with Gasteiger partial charge in [-0.1, -0.05) is 29.3 Å². The Kier molecular flexibility index (Phi) is 4.27. The minimum atomic E-state index is -0.0874. The van der Waals surface area contributed by atoms with Crippen molar-refractivity contribution in [2.75, 3.05) is 7.05 Å². The van der Waals surface area contributed by atoms with Crippen LogP contribution in [-0.2, 0) is 0 Å². The van der Waals surface area contributed by atoms with Gasteiger partial charge in [0.15, 0.2) is 0 Å². The maximum absolute atomic E-state index is 11.4.